The van der Waals surface area contributed by atoms with Crippen LogP contribution in [0.4, 0.5) is 13.2 Å². The van der Waals surface area contributed by atoms with Crippen LogP contribution in [0.25, 0.3) is 11.3 Å². The Labute approximate surface area is 164 Å². The molecule has 0 aliphatic carbocycles. The molecule has 2 aromatic carbocycles. The lowest BCUT2D eigenvalue weighted by Gasteiger charge is -2.16. The summed E-state index contributed by atoms with van der Waals surface area (Å²) < 4.78 is 54.8. The van der Waals surface area contributed by atoms with Gasteiger partial charge in [-0.2, -0.15) is 13.2 Å². The third-order valence-electron chi connectivity index (χ3n) is 4.49. The number of nitrogens with zero attached hydrogens (tertiary/aromatic N) is 1. The van der Waals surface area contributed by atoms with E-state index in [2.05, 4.69) is 0 Å². The van der Waals surface area contributed by atoms with Gasteiger partial charge in [-0.25, -0.2) is 0 Å². The highest BCUT2D eigenvalue weighted by Crippen LogP contribution is 2.34. The van der Waals surface area contributed by atoms with Crippen LogP contribution in [-0.4, -0.2) is 24.6 Å². The molecular weight excluding hydrogens is 387 g/mol. The van der Waals surface area contributed by atoms with Crippen LogP contribution in [0.3, 0.4) is 0 Å². The summed E-state index contributed by atoms with van der Waals surface area (Å²) in [5.41, 5.74) is 0.311. The van der Waals surface area contributed by atoms with Crippen molar-refractivity contribution in [3.8, 4) is 22.8 Å². The first-order valence-electron chi connectivity index (χ1n) is 8.73. The number of fused-ring (bicyclic) bond motifs is 1. The molecule has 0 unspecified atom stereocenters. The van der Waals surface area contributed by atoms with Gasteiger partial charge in [0.05, 0.1) is 5.56 Å². The lowest BCUT2D eigenvalue weighted by atomic mass is 10.1. The number of carbonyl (C=O) groups excluding carboxylic acids is 1. The van der Waals surface area contributed by atoms with E-state index >= 15 is 0 Å². The largest absolute Gasteiger partial charge is 0.454 e. The summed E-state index contributed by atoms with van der Waals surface area (Å²) in [4.78, 5) is 14.1. The monoisotopic (exact) mass is 403 g/mol. The molecule has 0 atom stereocenters. The SMILES string of the molecule is CN(Cc1ccc2c(c1)OCO2)C(=O)c1ccc(-c2cccc(C(F)(F)F)c2)o1. The van der Waals surface area contributed by atoms with Crippen LogP contribution < -0.4 is 9.47 Å². The molecule has 5 nitrogen and oxygen atoms in total. The topological polar surface area (TPSA) is 51.9 Å². The first-order chi connectivity index (χ1) is 13.8. The molecule has 0 N–H and O–H groups in total. The maximum Gasteiger partial charge on any atom is 0.416 e. The summed E-state index contributed by atoms with van der Waals surface area (Å²) in [7, 11) is 1.61. The van der Waals surface area contributed by atoms with E-state index in [0.717, 1.165) is 17.7 Å². The van der Waals surface area contributed by atoms with Crippen molar-refractivity contribution in [2.75, 3.05) is 13.8 Å². The Kier molecular flexibility index (Phi) is 4.70. The second-order valence-corrected chi connectivity index (χ2v) is 6.59. The number of alkyl halides is 3. The van der Waals surface area contributed by atoms with Crippen molar-refractivity contribution in [3.63, 3.8) is 0 Å². The minimum atomic E-state index is -4.45. The van der Waals surface area contributed by atoms with Gasteiger partial charge in [0.15, 0.2) is 17.3 Å². The molecule has 0 saturated carbocycles. The number of carbonyl (C=O) groups is 1. The van der Waals surface area contributed by atoms with Gasteiger partial charge in [0, 0.05) is 19.2 Å². The summed E-state index contributed by atoms with van der Waals surface area (Å²) in [5.74, 6) is 1.12. The predicted octanol–water partition coefficient (Wildman–Crippen LogP) is 4.97. The summed E-state index contributed by atoms with van der Waals surface area (Å²) in [6.07, 6.45) is -4.45. The molecule has 1 amide bonds. The van der Waals surface area contributed by atoms with Crippen molar-refractivity contribution in [1.29, 1.82) is 0 Å². The Bertz CT molecular complexity index is 1060. The van der Waals surface area contributed by atoms with Crippen LogP contribution in [0.1, 0.15) is 21.7 Å². The van der Waals surface area contributed by atoms with Gasteiger partial charge in [-0.05, 0) is 42.0 Å². The van der Waals surface area contributed by atoms with Gasteiger partial charge in [0.25, 0.3) is 5.91 Å². The molecule has 1 aliphatic heterocycles. The Morgan fingerprint density at radius 3 is 2.62 bits per heavy atom. The van der Waals surface area contributed by atoms with Gasteiger partial charge >= 0.3 is 6.18 Å². The Morgan fingerprint density at radius 1 is 1.03 bits per heavy atom. The molecule has 1 aromatic heterocycles. The molecule has 4 rings (SSSR count). The number of hydrogen-bond acceptors (Lipinski definition) is 4. The maximum absolute atomic E-state index is 12.9. The molecule has 0 bridgehead atoms. The van der Waals surface area contributed by atoms with E-state index in [1.54, 1.807) is 19.2 Å². The average molecular weight is 403 g/mol. The molecule has 0 fully saturated rings. The molecule has 2 heterocycles. The van der Waals surface area contributed by atoms with E-state index in [9.17, 15) is 18.0 Å². The third-order valence-corrected chi connectivity index (χ3v) is 4.49. The number of rotatable bonds is 4. The van der Waals surface area contributed by atoms with Crippen molar-refractivity contribution in [3.05, 3.63) is 71.5 Å². The lowest BCUT2D eigenvalue weighted by molar-refractivity contribution is -0.137. The van der Waals surface area contributed by atoms with E-state index in [1.807, 2.05) is 6.07 Å². The second kappa shape index (κ2) is 7.20. The zero-order valence-electron chi connectivity index (χ0n) is 15.3. The number of ether oxygens (including phenoxy) is 2. The molecule has 29 heavy (non-hydrogen) atoms. The van der Waals surface area contributed by atoms with Crippen LogP contribution >= 0.6 is 0 Å². The number of benzene rings is 2. The zero-order valence-corrected chi connectivity index (χ0v) is 15.3. The molecule has 1 aliphatic rings. The quantitative estimate of drug-likeness (QED) is 0.618. The predicted molar refractivity (Wildman–Crippen MR) is 97.5 cm³/mol. The number of halogens is 3. The third kappa shape index (κ3) is 3.91. The van der Waals surface area contributed by atoms with Crippen molar-refractivity contribution in [2.45, 2.75) is 12.7 Å². The van der Waals surface area contributed by atoms with Crippen LogP contribution in [-0.2, 0) is 12.7 Å². The Balaban J connectivity index is 1.49. The highest BCUT2D eigenvalue weighted by Gasteiger charge is 2.30. The van der Waals surface area contributed by atoms with E-state index < -0.39 is 11.7 Å². The first kappa shape index (κ1) is 18.9. The molecule has 3 aromatic rings. The average Bonchev–Trinajstić information content (AvgIpc) is 3.36. The number of hydrogen-bond donors (Lipinski definition) is 0. The zero-order chi connectivity index (χ0) is 20.6. The fraction of sp³-hybridized carbons (Fsp3) is 0.190. The second-order valence-electron chi connectivity index (χ2n) is 6.59. The van der Waals surface area contributed by atoms with E-state index in [0.29, 0.717) is 18.0 Å². The van der Waals surface area contributed by atoms with Gasteiger partial charge in [-0.3, -0.25) is 4.79 Å². The highest BCUT2D eigenvalue weighted by molar-refractivity contribution is 5.92. The van der Waals surface area contributed by atoms with Gasteiger partial charge in [0.1, 0.15) is 5.76 Å². The van der Waals surface area contributed by atoms with Crippen molar-refractivity contribution in [2.24, 2.45) is 0 Å². The smallest absolute Gasteiger partial charge is 0.416 e. The van der Waals surface area contributed by atoms with E-state index in [-0.39, 0.29) is 29.8 Å². The number of amides is 1. The molecule has 8 heteroatoms. The minimum Gasteiger partial charge on any atom is -0.454 e. The van der Waals surface area contributed by atoms with Crippen LogP contribution in [0, 0.1) is 0 Å². The summed E-state index contributed by atoms with van der Waals surface area (Å²) in [5, 5.41) is 0. The van der Waals surface area contributed by atoms with Crippen molar-refractivity contribution >= 4 is 5.91 Å². The summed E-state index contributed by atoms with van der Waals surface area (Å²) in [6.45, 7) is 0.466. The minimum absolute atomic E-state index is 0.0423. The molecule has 0 spiro atoms. The molecular formula is C21H16F3NO4. The number of furan rings is 1. The summed E-state index contributed by atoms with van der Waals surface area (Å²) in [6, 6.07) is 13.1. The van der Waals surface area contributed by atoms with Gasteiger partial charge in [-0.1, -0.05) is 18.2 Å². The highest BCUT2D eigenvalue weighted by atomic mass is 19.4. The van der Waals surface area contributed by atoms with E-state index in [4.69, 9.17) is 13.9 Å². The van der Waals surface area contributed by atoms with E-state index in [1.165, 1.54) is 29.2 Å². The molecule has 150 valence electrons. The Morgan fingerprint density at radius 2 is 1.83 bits per heavy atom. The normalized spacial score (nSPS) is 12.8. The van der Waals surface area contributed by atoms with Crippen LogP contribution in [0.5, 0.6) is 11.5 Å². The van der Waals surface area contributed by atoms with Crippen LogP contribution in [0.2, 0.25) is 0 Å². The van der Waals surface area contributed by atoms with Crippen molar-refractivity contribution < 1.29 is 31.9 Å². The van der Waals surface area contributed by atoms with Gasteiger partial charge < -0.3 is 18.8 Å². The molecule has 0 saturated heterocycles. The fourth-order valence-electron chi connectivity index (χ4n) is 3.03. The maximum atomic E-state index is 12.9. The fourth-order valence-corrected chi connectivity index (χ4v) is 3.03. The summed E-state index contributed by atoms with van der Waals surface area (Å²) >= 11 is 0. The standard InChI is InChI=1S/C21H16F3NO4/c1-25(11-13-5-6-17-19(9-13)28-12-27-17)20(26)18-8-7-16(29-18)14-3-2-4-15(10-14)21(22,23)24/h2-10H,11-12H2,1H3. The lowest BCUT2D eigenvalue weighted by Crippen LogP contribution is -2.25. The Hall–Kier alpha value is -3.42. The van der Waals surface area contributed by atoms with Gasteiger partial charge in [-0.15, -0.1) is 0 Å². The molecule has 0 radical (unpaired) electrons. The van der Waals surface area contributed by atoms with Crippen molar-refractivity contribution in [1.82, 2.24) is 4.90 Å². The van der Waals surface area contributed by atoms with Gasteiger partial charge in [0.2, 0.25) is 6.79 Å². The van der Waals surface area contributed by atoms with Crippen LogP contribution in [0.15, 0.2) is 59.0 Å². The first-order valence-corrected chi connectivity index (χ1v) is 8.73.